The van der Waals surface area contributed by atoms with E-state index < -0.39 is 0 Å². The third kappa shape index (κ3) is 3.10. The fourth-order valence-corrected chi connectivity index (χ4v) is 2.50. The number of nitrogens with zero attached hydrogens (tertiary/aromatic N) is 1. The maximum absolute atomic E-state index is 5.91. The Bertz CT molecular complexity index is 289. The molecule has 1 aromatic rings. The van der Waals surface area contributed by atoms with Gasteiger partial charge < -0.3 is 5.32 Å². The monoisotopic (exact) mass is 224 g/mol. The summed E-state index contributed by atoms with van der Waals surface area (Å²) in [5.41, 5.74) is 0. The predicted octanol–water partition coefficient (Wildman–Crippen LogP) is 3.29. The Kier molecular flexibility index (Phi) is 3.84. The third-order valence-corrected chi connectivity index (χ3v) is 3.45. The normalized spacial score (nSPS) is 26.2. The number of hydrogen-bond acceptors (Lipinski definition) is 2. The van der Waals surface area contributed by atoms with Gasteiger partial charge in [-0.15, -0.1) is 11.6 Å². The van der Waals surface area contributed by atoms with E-state index in [1.807, 2.05) is 24.4 Å². The SMILES string of the molecule is ClCC1CCCC(Nc2ccccn2)C1. The van der Waals surface area contributed by atoms with E-state index in [4.69, 9.17) is 11.6 Å². The van der Waals surface area contributed by atoms with E-state index in [1.165, 1.54) is 25.7 Å². The standard InChI is InChI=1S/C12H17ClN2/c13-9-10-4-3-5-11(8-10)15-12-6-1-2-7-14-12/h1-2,6-7,10-11H,3-5,8-9H2,(H,14,15). The molecule has 1 heterocycles. The molecule has 1 aliphatic carbocycles. The number of anilines is 1. The molecule has 1 aliphatic rings. The summed E-state index contributed by atoms with van der Waals surface area (Å²) in [6.07, 6.45) is 6.81. The van der Waals surface area contributed by atoms with Gasteiger partial charge in [-0.3, -0.25) is 0 Å². The first kappa shape index (κ1) is 10.7. The number of nitrogens with one attached hydrogen (secondary N) is 1. The van der Waals surface area contributed by atoms with Crippen molar-refractivity contribution in [2.45, 2.75) is 31.7 Å². The molecule has 0 radical (unpaired) electrons. The zero-order chi connectivity index (χ0) is 10.5. The highest BCUT2D eigenvalue weighted by molar-refractivity contribution is 6.18. The maximum atomic E-state index is 5.91. The molecule has 2 rings (SSSR count). The van der Waals surface area contributed by atoms with Crippen molar-refractivity contribution in [2.24, 2.45) is 5.92 Å². The highest BCUT2D eigenvalue weighted by Gasteiger charge is 2.21. The lowest BCUT2D eigenvalue weighted by Crippen LogP contribution is -2.28. The lowest BCUT2D eigenvalue weighted by Gasteiger charge is -2.28. The van der Waals surface area contributed by atoms with Gasteiger partial charge in [-0.1, -0.05) is 12.5 Å². The zero-order valence-electron chi connectivity index (χ0n) is 8.82. The van der Waals surface area contributed by atoms with Gasteiger partial charge >= 0.3 is 0 Å². The van der Waals surface area contributed by atoms with E-state index in [2.05, 4.69) is 10.3 Å². The van der Waals surface area contributed by atoms with E-state index >= 15 is 0 Å². The molecule has 1 N–H and O–H groups in total. The van der Waals surface area contributed by atoms with Crippen LogP contribution in [0, 0.1) is 5.92 Å². The van der Waals surface area contributed by atoms with E-state index in [0.717, 1.165) is 11.7 Å². The lowest BCUT2D eigenvalue weighted by molar-refractivity contribution is 0.361. The Morgan fingerprint density at radius 2 is 2.33 bits per heavy atom. The van der Waals surface area contributed by atoms with Crippen LogP contribution in [0.15, 0.2) is 24.4 Å². The Morgan fingerprint density at radius 1 is 1.40 bits per heavy atom. The van der Waals surface area contributed by atoms with Crippen molar-refractivity contribution in [1.82, 2.24) is 4.98 Å². The minimum absolute atomic E-state index is 0.553. The molecule has 82 valence electrons. The number of alkyl halides is 1. The van der Waals surface area contributed by atoms with Crippen molar-refractivity contribution in [3.05, 3.63) is 24.4 Å². The third-order valence-electron chi connectivity index (χ3n) is 3.02. The molecular formula is C12H17ClN2. The van der Waals surface area contributed by atoms with Gasteiger partial charge in [-0.05, 0) is 37.3 Å². The van der Waals surface area contributed by atoms with Crippen LogP contribution in [0.2, 0.25) is 0 Å². The van der Waals surface area contributed by atoms with E-state index in [-0.39, 0.29) is 0 Å². The van der Waals surface area contributed by atoms with Crippen LogP contribution in [-0.4, -0.2) is 16.9 Å². The van der Waals surface area contributed by atoms with Crippen LogP contribution in [0.25, 0.3) is 0 Å². The summed E-state index contributed by atoms with van der Waals surface area (Å²) in [5.74, 6) is 2.46. The second-order valence-electron chi connectivity index (χ2n) is 4.24. The first-order valence-corrected chi connectivity index (χ1v) is 6.15. The number of halogens is 1. The number of hydrogen-bond donors (Lipinski definition) is 1. The molecule has 3 heteroatoms. The van der Waals surface area contributed by atoms with Crippen molar-refractivity contribution < 1.29 is 0 Å². The molecular weight excluding hydrogens is 208 g/mol. The minimum atomic E-state index is 0.553. The predicted molar refractivity (Wildman–Crippen MR) is 64.3 cm³/mol. The summed E-state index contributed by atoms with van der Waals surface area (Å²) >= 11 is 5.91. The molecule has 0 aromatic carbocycles. The van der Waals surface area contributed by atoms with Gasteiger partial charge in [-0.25, -0.2) is 4.98 Å². The Balaban J connectivity index is 1.89. The summed E-state index contributed by atoms with van der Waals surface area (Å²) in [7, 11) is 0. The summed E-state index contributed by atoms with van der Waals surface area (Å²) in [6.45, 7) is 0. The summed E-state index contributed by atoms with van der Waals surface area (Å²) < 4.78 is 0. The molecule has 0 aliphatic heterocycles. The summed E-state index contributed by atoms with van der Waals surface area (Å²) in [6, 6.07) is 6.52. The second-order valence-corrected chi connectivity index (χ2v) is 4.55. The smallest absolute Gasteiger partial charge is 0.126 e. The van der Waals surface area contributed by atoms with Crippen molar-refractivity contribution in [3.8, 4) is 0 Å². The average Bonchev–Trinajstić information content (AvgIpc) is 2.31. The molecule has 1 aromatic heterocycles. The molecule has 0 bridgehead atoms. The first-order chi connectivity index (χ1) is 7.38. The van der Waals surface area contributed by atoms with Crippen LogP contribution in [0.1, 0.15) is 25.7 Å². The van der Waals surface area contributed by atoms with Crippen LogP contribution in [0.3, 0.4) is 0 Å². The largest absolute Gasteiger partial charge is 0.367 e. The molecule has 0 amide bonds. The van der Waals surface area contributed by atoms with Crippen molar-refractivity contribution in [2.75, 3.05) is 11.2 Å². The summed E-state index contributed by atoms with van der Waals surface area (Å²) in [5, 5.41) is 3.48. The average molecular weight is 225 g/mol. The summed E-state index contributed by atoms with van der Waals surface area (Å²) in [4.78, 5) is 4.28. The number of rotatable bonds is 3. The van der Waals surface area contributed by atoms with Crippen LogP contribution in [0.5, 0.6) is 0 Å². The molecule has 1 fully saturated rings. The molecule has 1 saturated carbocycles. The zero-order valence-corrected chi connectivity index (χ0v) is 9.58. The van der Waals surface area contributed by atoms with E-state index in [9.17, 15) is 0 Å². The van der Waals surface area contributed by atoms with Gasteiger partial charge in [0.25, 0.3) is 0 Å². The lowest BCUT2D eigenvalue weighted by atomic mass is 9.87. The van der Waals surface area contributed by atoms with Gasteiger partial charge in [0.15, 0.2) is 0 Å². The Labute approximate surface area is 96.1 Å². The number of pyridine rings is 1. The second kappa shape index (κ2) is 5.36. The van der Waals surface area contributed by atoms with Crippen LogP contribution in [0.4, 0.5) is 5.82 Å². The maximum Gasteiger partial charge on any atom is 0.126 e. The van der Waals surface area contributed by atoms with Gasteiger partial charge in [0.2, 0.25) is 0 Å². The van der Waals surface area contributed by atoms with Crippen molar-refractivity contribution in [1.29, 1.82) is 0 Å². The Morgan fingerprint density at radius 3 is 3.07 bits per heavy atom. The first-order valence-electron chi connectivity index (χ1n) is 5.62. The fraction of sp³-hybridized carbons (Fsp3) is 0.583. The van der Waals surface area contributed by atoms with Gasteiger partial charge in [0.1, 0.15) is 5.82 Å². The quantitative estimate of drug-likeness (QED) is 0.797. The highest BCUT2D eigenvalue weighted by atomic mass is 35.5. The van der Waals surface area contributed by atoms with Gasteiger partial charge in [0.05, 0.1) is 0 Å². The van der Waals surface area contributed by atoms with Gasteiger partial charge in [0, 0.05) is 18.1 Å². The van der Waals surface area contributed by atoms with E-state index in [0.29, 0.717) is 12.0 Å². The molecule has 2 nitrogen and oxygen atoms in total. The van der Waals surface area contributed by atoms with Crippen LogP contribution in [-0.2, 0) is 0 Å². The van der Waals surface area contributed by atoms with Crippen molar-refractivity contribution in [3.63, 3.8) is 0 Å². The van der Waals surface area contributed by atoms with Crippen molar-refractivity contribution >= 4 is 17.4 Å². The molecule has 2 unspecified atom stereocenters. The highest BCUT2D eigenvalue weighted by Crippen LogP contribution is 2.26. The topological polar surface area (TPSA) is 24.9 Å². The van der Waals surface area contributed by atoms with Crippen LogP contribution >= 0.6 is 11.6 Å². The molecule has 0 saturated heterocycles. The molecule has 2 atom stereocenters. The Hall–Kier alpha value is -0.760. The molecule has 15 heavy (non-hydrogen) atoms. The fourth-order valence-electron chi connectivity index (χ4n) is 2.22. The van der Waals surface area contributed by atoms with E-state index in [1.54, 1.807) is 0 Å². The molecule has 0 spiro atoms. The minimum Gasteiger partial charge on any atom is -0.367 e. The van der Waals surface area contributed by atoms with Crippen LogP contribution < -0.4 is 5.32 Å². The van der Waals surface area contributed by atoms with Gasteiger partial charge in [-0.2, -0.15) is 0 Å². The number of aromatic nitrogens is 1.